The Balaban J connectivity index is 2.03. The van der Waals surface area contributed by atoms with Crippen molar-refractivity contribution in [3.8, 4) is 11.8 Å². The summed E-state index contributed by atoms with van der Waals surface area (Å²) in [6.45, 7) is 2.04. The SMILES string of the molecule is CN1CCCC(Oc2ccc(C#N)cc2F)CC1. The minimum absolute atomic E-state index is 0.0670. The van der Waals surface area contributed by atoms with E-state index in [1.807, 2.05) is 6.07 Å². The van der Waals surface area contributed by atoms with Crippen LogP contribution in [0.25, 0.3) is 0 Å². The second kappa shape index (κ2) is 5.83. The topological polar surface area (TPSA) is 36.3 Å². The number of nitriles is 1. The van der Waals surface area contributed by atoms with Gasteiger partial charge >= 0.3 is 0 Å². The Morgan fingerprint density at radius 2 is 2.22 bits per heavy atom. The molecule has 1 aliphatic heterocycles. The lowest BCUT2D eigenvalue weighted by Gasteiger charge is -2.17. The zero-order chi connectivity index (χ0) is 13.0. The molecule has 0 aromatic heterocycles. The summed E-state index contributed by atoms with van der Waals surface area (Å²) in [4.78, 5) is 2.26. The normalized spacial score (nSPS) is 21.1. The Labute approximate surface area is 107 Å². The number of rotatable bonds is 2. The lowest BCUT2D eigenvalue weighted by atomic mass is 10.1. The fourth-order valence-electron chi connectivity index (χ4n) is 2.17. The molecule has 1 aliphatic rings. The lowest BCUT2D eigenvalue weighted by Crippen LogP contribution is -2.21. The van der Waals surface area contributed by atoms with Crippen molar-refractivity contribution in [2.75, 3.05) is 20.1 Å². The van der Waals surface area contributed by atoms with Crippen molar-refractivity contribution in [2.45, 2.75) is 25.4 Å². The van der Waals surface area contributed by atoms with E-state index in [1.54, 1.807) is 12.1 Å². The second-order valence-electron chi connectivity index (χ2n) is 4.73. The average Bonchev–Trinajstić information content (AvgIpc) is 2.57. The summed E-state index contributed by atoms with van der Waals surface area (Å²) >= 11 is 0. The van der Waals surface area contributed by atoms with E-state index in [9.17, 15) is 4.39 Å². The van der Waals surface area contributed by atoms with Gasteiger partial charge in [0.1, 0.15) is 6.10 Å². The molecule has 0 saturated carbocycles. The first-order valence-corrected chi connectivity index (χ1v) is 6.24. The lowest BCUT2D eigenvalue weighted by molar-refractivity contribution is 0.175. The number of nitrogens with zero attached hydrogens (tertiary/aromatic N) is 2. The van der Waals surface area contributed by atoms with Crippen LogP contribution >= 0.6 is 0 Å². The third-order valence-electron chi connectivity index (χ3n) is 3.25. The van der Waals surface area contributed by atoms with Crippen molar-refractivity contribution in [3.63, 3.8) is 0 Å². The first-order valence-electron chi connectivity index (χ1n) is 6.24. The highest BCUT2D eigenvalue weighted by molar-refractivity contribution is 5.36. The van der Waals surface area contributed by atoms with Gasteiger partial charge in [-0.05, 0) is 51.1 Å². The fraction of sp³-hybridized carbons (Fsp3) is 0.500. The summed E-state index contributed by atoms with van der Waals surface area (Å²) < 4.78 is 19.4. The van der Waals surface area contributed by atoms with Gasteiger partial charge in [0, 0.05) is 6.54 Å². The molecule has 4 heteroatoms. The van der Waals surface area contributed by atoms with Crippen molar-refractivity contribution >= 4 is 0 Å². The third kappa shape index (κ3) is 3.21. The number of hydrogen-bond acceptors (Lipinski definition) is 3. The first kappa shape index (κ1) is 12.8. The third-order valence-corrected chi connectivity index (χ3v) is 3.25. The molecular formula is C14H17FN2O. The van der Waals surface area contributed by atoms with E-state index in [-0.39, 0.29) is 11.9 Å². The largest absolute Gasteiger partial charge is 0.487 e. The summed E-state index contributed by atoms with van der Waals surface area (Å²) in [6, 6.07) is 6.26. The fourth-order valence-corrected chi connectivity index (χ4v) is 2.17. The summed E-state index contributed by atoms with van der Waals surface area (Å²) in [5.74, 6) is -0.199. The molecule has 18 heavy (non-hydrogen) atoms. The molecule has 1 aromatic rings. The van der Waals surface area contributed by atoms with Crippen LogP contribution in [0.4, 0.5) is 4.39 Å². The quantitative estimate of drug-likeness (QED) is 0.807. The van der Waals surface area contributed by atoms with Gasteiger partial charge in [-0.1, -0.05) is 0 Å². The minimum atomic E-state index is -0.452. The molecule has 1 aromatic carbocycles. The van der Waals surface area contributed by atoms with E-state index < -0.39 is 5.82 Å². The number of benzene rings is 1. The van der Waals surface area contributed by atoms with Gasteiger partial charge in [-0.25, -0.2) is 4.39 Å². The molecule has 1 heterocycles. The van der Waals surface area contributed by atoms with Gasteiger partial charge in [-0.3, -0.25) is 0 Å². The van der Waals surface area contributed by atoms with Crippen molar-refractivity contribution < 1.29 is 9.13 Å². The zero-order valence-corrected chi connectivity index (χ0v) is 10.5. The zero-order valence-electron chi connectivity index (χ0n) is 10.5. The van der Waals surface area contributed by atoms with Gasteiger partial charge < -0.3 is 9.64 Å². The molecule has 96 valence electrons. The van der Waals surface area contributed by atoms with Crippen LogP contribution in [0.15, 0.2) is 18.2 Å². The molecule has 0 aliphatic carbocycles. The number of halogens is 1. The van der Waals surface area contributed by atoms with Crippen LogP contribution in [0.1, 0.15) is 24.8 Å². The van der Waals surface area contributed by atoms with E-state index in [0.717, 1.165) is 32.4 Å². The molecule has 0 N–H and O–H groups in total. The number of ether oxygens (including phenoxy) is 1. The Morgan fingerprint density at radius 1 is 1.39 bits per heavy atom. The molecule has 2 rings (SSSR count). The van der Waals surface area contributed by atoms with Crippen LogP contribution in [-0.2, 0) is 0 Å². The molecule has 1 unspecified atom stereocenters. The number of hydrogen-bond donors (Lipinski definition) is 0. The summed E-state index contributed by atoms with van der Waals surface area (Å²) in [5.41, 5.74) is 0.320. The Kier molecular flexibility index (Phi) is 4.16. The van der Waals surface area contributed by atoms with Crippen molar-refractivity contribution in [3.05, 3.63) is 29.6 Å². The molecule has 0 amide bonds. The predicted molar refractivity (Wildman–Crippen MR) is 66.9 cm³/mol. The molecule has 0 spiro atoms. The Hall–Kier alpha value is -1.60. The molecule has 1 fully saturated rings. The second-order valence-corrected chi connectivity index (χ2v) is 4.73. The van der Waals surface area contributed by atoms with Gasteiger partial charge in [0.25, 0.3) is 0 Å². The molecule has 0 radical (unpaired) electrons. The Morgan fingerprint density at radius 3 is 2.94 bits per heavy atom. The van der Waals surface area contributed by atoms with Gasteiger partial charge in [0.15, 0.2) is 11.6 Å². The summed E-state index contributed by atoms with van der Waals surface area (Å²) in [5, 5.41) is 8.68. The molecule has 1 atom stereocenters. The molecular weight excluding hydrogens is 231 g/mol. The van der Waals surface area contributed by atoms with E-state index in [0.29, 0.717) is 5.56 Å². The van der Waals surface area contributed by atoms with E-state index in [2.05, 4.69) is 11.9 Å². The molecule has 1 saturated heterocycles. The predicted octanol–water partition coefficient (Wildman–Crippen LogP) is 2.56. The average molecular weight is 248 g/mol. The molecule has 3 nitrogen and oxygen atoms in total. The highest BCUT2D eigenvalue weighted by Crippen LogP contribution is 2.22. The van der Waals surface area contributed by atoms with Crippen LogP contribution in [0.3, 0.4) is 0 Å². The maximum atomic E-state index is 13.7. The smallest absolute Gasteiger partial charge is 0.166 e. The maximum Gasteiger partial charge on any atom is 0.166 e. The van der Waals surface area contributed by atoms with Gasteiger partial charge in [0.2, 0.25) is 0 Å². The van der Waals surface area contributed by atoms with Crippen molar-refractivity contribution in [2.24, 2.45) is 0 Å². The van der Waals surface area contributed by atoms with Crippen LogP contribution in [0, 0.1) is 17.1 Å². The van der Waals surface area contributed by atoms with E-state index in [1.165, 1.54) is 6.07 Å². The maximum absolute atomic E-state index is 13.7. The van der Waals surface area contributed by atoms with Crippen molar-refractivity contribution in [1.82, 2.24) is 4.90 Å². The number of likely N-dealkylation sites (tertiary alicyclic amines) is 1. The summed E-state index contributed by atoms with van der Waals surface area (Å²) in [6.07, 6.45) is 3.00. The van der Waals surface area contributed by atoms with Gasteiger partial charge in [-0.15, -0.1) is 0 Å². The van der Waals surface area contributed by atoms with E-state index in [4.69, 9.17) is 10.00 Å². The highest BCUT2D eigenvalue weighted by atomic mass is 19.1. The molecule has 0 bridgehead atoms. The van der Waals surface area contributed by atoms with Gasteiger partial charge in [-0.2, -0.15) is 5.26 Å². The van der Waals surface area contributed by atoms with Crippen LogP contribution in [0.5, 0.6) is 5.75 Å². The highest BCUT2D eigenvalue weighted by Gasteiger charge is 2.17. The first-order chi connectivity index (χ1) is 8.69. The monoisotopic (exact) mass is 248 g/mol. The summed E-state index contributed by atoms with van der Waals surface area (Å²) in [7, 11) is 2.09. The standard InChI is InChI=1S/C14H17FN2O/c1-17-7-2-3-12(6-8-17)18-14-5-4-11(10-16)9-13(14)15/h4-5,9,12H,2-3,6-8H2,1H3. The van der Waals surface area contributed by atoms with Crippen LogP contribution in [-0.4, -0.2) is 31.1 Å². The minimum Gasteiger partial charge on any atom is -0.487 e. The van der Waals surface area contributed by atoms with Crippen LogP contribution < -0.4 is 4.74 Å². The Bertz CT molecular complexity index is 456. The van der Waals surface area contributed by atoms with Gasteiger partial charge in [0.05, 0.1) is 11.6 Å². The van der Waals surface area contributed by atoms with Crippen LogP contribution in [0.2, 0.25) is 0 Å². The van der Waals surface area contributed by atoms with E-state index >= 15 is 0 Å². The van der Waals surface area contributed by atoms with Crippen molar-refractivity contribution in [1.29, 1.82) is 5.26 Å².